The first kappa shape index (κ1) is 24.5. The minimum absolute atomic E-state index is 0.120. The first-order chi connectivity index (χ1) is 15.8. The van der Waals surface area contributed by atoms with Crippen molar-refractivity contribution in [3.05, 3.63) is 18.2 Å². The Labute approximate surface area is 187 Å². The predicted octanol–water partition coefficient (Wildman–Crippen LogP) is -0.126. The molecule has 0 unspecified atom stereocenters. The van der Waals surface area contributed by atoms with Crippen LogP contribution in [0.3, 0.4) is 0 Å². The molecule has 11 nitrogen and oxygen atoms in total. The molecule has 0 saturated carbocycles. The minimum Gasteiger partial charge on any atom is -0.377 e. The zero-order chi connectivity index (χ0) is 22.4. The van der Waals surface area contributed by atoms with E-state index in [9.17, 15) is 9.59 Å². The first-order valence-electron chi connectivity index (χ1n) is 10.8. The molecule has 4 bridgehead atoms. The lowest BCUT2D eigenvalue weighted by Gasteiger charge is -2.26. The zero-order valence-electron chi connectivity index (χ0n) is 18.2. The number of ether oxygens (including phenoxy) is 6. The third-order valence-corrected chi connectivity index (χ3v) is 4.73. The molecule has 0 spiro atoms. The summed E-state index contributed by atoms with van der Waals surface area (Å²) in [7, 11) is 0. The zero-order valence-corrected chi connectivity index (χ0v) is 18.2. The highest BCUT2D eigenvalue weighted by Crippen LogP contribution is 2.19. The monoisotopic (exact) mass is 453 g/mol. The molecule has 11 heteroatoms. The molecule has 3 rings (SSSR count). The smallest absolute Gasteiger partial charge is 0.254 e. The molecule has 178 valence electrons. The van der Waals surface area contributed by atoms with Gasteiger partial charge in [-0.2, -0.15) is 0 Å². The van der Waals surface area contributed by atoms with E-state index in [4.69, 9.17) is 28.4 Å². The van der Waals surface area contributed by atoms with E-state index in [1.54, 1.807) is 18.2 Å². The Kier molecular flexibility index (Phi) is 10.8. The lowest BCUT2D eigenvalue weighted by molar-refractivity contribution is -0.124. The summed E-state index contributed by atoms with van der Waals surface area (Å²) in [4.78, 5) is 33.4. The molecule has 0 aromatic carbocycles. The van der Waals surface area contributed by atoms with Crippen LogP contribution in [0.25, 0.3) is 0 Å². The predicted molar refractivity (Wildman–Crippen MR) is 114 cm³/mol. The van der Waals surface area contributed by atoms with Crippen molar-refractivity contribution in [2.45, 2.75) is 0 Å². The van der Waals surface area contributed by atoms with Gasteiger partial charge in [-0.25, -0.2) is 4.98 Å². The Morgan fingerprint density at radius 2 is 0.938 bits per heavy atom. The molecule has 1 aromatic heterocycles. The van der Waals surface area contributed by atoms with Crippen LogP contribution in [0.1, 0.15) is 0 Å². The van der Waals surface area contributed by atoms with Gasteiger partial charge in [-0.3, -0.25) is 19.4 Å². The molecule has 32 heavy (non-hydrogen) atoms. The molecule has 0 fully saturated rings. The second-order valence-corrected chi connectivity index (χ2v) is 7.00. The highest BCUT2D eigenvalue weighted by atomic mass is 16.6. The number of carbonyl (C=O) groups is 2. The molecule has 0 saturated heterocycles. The van der Waals surface area contributed by atoms with Gasteiger partial charge in [0.15, 0.2) is 0 Å². The summed E-state index contributed by atoms with van der Waals surface area (Å²) in [5, 5.41) is 0. The fraction of sp³-hybridized carbons (Fsp3) is 0.667. The number of aromatic nitrogens is 1. The van der Waals surface area contributed by atoms with E-state index < -0.39 is 0 Å². The average molecular weight is 453 g/mol. The largest absolute Gasteiger partial charge is 0.377 e. The van der Waals surface area contributed by atoms with Crippen LogP contribution in [0.15, 0.2) is 18.2 Å². The lowest BCUT2D eigenvalue weighted by Crippen LogP contribution is -2.40. The van der Waals surface area contributed by atoms with Gasteiger partial charge < -0.3 is 28.4 Å². The maximum absolute atomic E-state index is 12.9. The van der Waals surface area contributed by atoms with Crippen molar-refractivity contribution in [2.24, 2.45) is 0 Å². The second kappa shape index (κ2) is 14.1. The molecule has 0 N–H and O–H groups in total. The van der Waals surface area contributed by atoms with Crippen LogP contribution in [-0.2, 0) is 38.0 Å². The van der Waals surface area contributed by atoms with E-state index in [1.807, 2.05) is 0 Å². The number of anilines is 2. The Hall–Kier alpha value is -2.15. The van der Waals surface area contributed by atoms with Crippen LogP contribution >= 0.6 is 0 Å². The van der Waals surface area contributed by atoms with Crippen LogP contribution in [0.5, 0.6) is 0 Å². The maximum atomic E-state index is 12.9. The summed E-state index contributed by atoms with van der Waals surface area (Å²) in [6.45, 7) is 3.80. The van der Waals surface area contributed by atoms with Crippen molar-refractivity contribution in [3.63, 3.8) is 0 Å². The van der Waals surface area contributed by atoms with Crippen LogP contribution in [-0.4, -0.2) is 109 Å². The Bertz CT molecular complexity index is 667. The second-order valence-electron chi connectivity index (χ2n) is 7.00. The molecule has 1 aromatic rings. The quantitative estimate of drug-likeness (QED) is 0.531. The normalized spacial score (nSPS) is 21.8. The summed E-state index contributed by atoms with van der Waals surface area (Å²) >= 11 is 0. The molecular weight excluding hydrogens is 422 g/mol. The molecular formula is C21H31N3O8. The van der Waals surface area contributed by atoms with Crippen molar-refractivity contribution in [3.8, 4) is 0 Å². The van der Waals surface area contributed by atoms with Crippen LogP contribution in [0, 0.1) is 0 Å². The number of hydrogen-bond acceptors (Lipinski definition) is 9. The maximum Gasteiger partial charge on any atom is 0.254 e. The third kappa shape index (κ3) is 8.08. The molecule has 0 radical (unpaired) electrons. The molecule has 2 amide bonds. The van der Waals surface area contributed by atoms with Crippen molar-refractivity contribution < 1.29 is 38.0 Å². The number of amides is 2. The van der Waals surface area contributed by atoms with Gasteiger partial charge in [-0.15, -0.1) is 0 Å². The lowest BCUT2D eigenvalue weighted by atomic mass is 10.3. The number of carbonyl (C=O) groups excluding carboxylic acids is 2. The van der Waals surface area contributed by atoms with Crippen LogP contribution in [0.4, 0.5) is 11.6 Å². The third-order valence-electron chi connectivity index (χ3n) is 4.73. The summed E-state index contributed by atoms with van der Waals surface area (Å²) in [5.41, 5.74) is 0. The summed E-state index contributed by atoms with van der Waals surface area (Å²) in [5.74, 6) is 0.302. The van der Waals surface area contributed by atoms with E-state index in [-0.39, 0.29) is 51.3 Å². The number of rotatable bonds is 0. The molecule has 2 aliphatic rings. The summed E-state index contributed by atoms with van der Waals surface area (Å²) in [6.07, 6.45) is 0. The van der Waals surface area contributed by atoms with E-state index in [0.29, 0.717) is 64.5 Å². The summed E-state index contributed by atoms with van der Waals surface area (Å²) < 4.78 is 33.0. The van der Waals surface area contributed by atoms with E-state index in [2.05, 4.69) is 4.98 Å². The van der Waals surface area contributed by atoms with E-state index >= 15 is 0 Å². The van der Waals surface area contributed by atoms with Crippen molar-refractivity contribution in [1.82, 2.24) is 4.98 Å². The SMILES string of the molecule is O=C1COCCOCCOCC(=O)N2CCOCCOCCOCCN1c1cccc2n1. The molecule has 0 aliphatic carbocycles. The number of nitrogens with zero attached hydrogens (tertiary/aromatic N) is 3. The van der Waals surface area contributed by atoms with Gasteiger partial charge >= 0.3 is 0 Å². The van der Waals surface area contributed by atoms with E-state index in [0.717, 1.165) is 0 Å². The average Bonchev–Trinajstić information content (AvgIpc) is 2.79. The van der Waals surface area contributed by atoms with Gasteiger partial charge in [0.2, 0.25) is 0 Å². The van der Waals surface area contributed by atoms with Crippen LogP contribution in [0.2, 0.25) is 0 Å². The van der Waals surface area contributed by atoms with Gasteiger partial charge in [-0.1, -0.05) is 6.07 Å². The molecule has 2 aliphatic heterocycles. The number of pyridine rings is 1. The molecule has 3 heterocycles. The van der Waals surface area contributed by atoms with Gasteiger partial charge in [0.1, 0.15) is 24.8 Å². The first-order valence-corrected chi connectivity index (χ1v) is 10.8. The highest BCUT2D eigenvalue weighted by Gasteiger charge is 2.22. The van der Waals surface area contributed by atoms with E-state index in [1.165, 1.54) is 9.80 Å². The van der Waals surface area contributed by atoms with Crippen molar-refractivity contribution in [2.75, 3.05) is 102 Å². The Balaban J connectivity index is 1.87. The van der Waals surface area contributed by atoms with Gasteiger partial charge in [0, 0.05) is 0 Å². The van der Waals surface area contributed by atoms with Crippen LogP contribution < -0.4 is 9.80 Å². The Morgan fingerprint density at radius 1 is 0.562 bits per heavy atom. The van der Waals surface area contributed by atoms with Gasteiger partial charge in [0.25, 0.3) is 11.8 Å². The fourth-order valence-corrected chi connectivity index (χ4v) is 3.11. The molecule has 0 atom stereocenters. The standard InChI is InChI=1S/C21H31N3O8/c25-20-16-31-14-12-30-13-15-32-17-21(26)24-5-7-28-9-11-29-10-8-27-6-4-23(20)18-2-1-3-19(24)22-18/h1-3H,4-17H2. The fourth-order valence-electron chi connectivity index (χ4n) is 3.11. The number of hydrogen-bond donors (Lipinski definition) is 0. The van der Waals surface area contributed by atoms with Gasteiger partial charge in [0.05, 0.1) is 79.2 Å². The van der Waals surface area contributed by atoms with Crippen molar-refractivity contribution in [1.29, 1.82) is 0 Å². The Morgan fingerprint density at radius 3 is 1.38 bits per heavy atom. The minimum atomic E-state index is -0.257. The summed E-state index contributed by atoms with van der Waals surface area (Å²) in [6, 6.07) is 5.20. The van der Waals surface area contributed by atoms with Gasteiger partial charge in [-0.05, 0) is 12.1 Å². The van der Waals surface area contributed by atoms with Crippen molar-refractivity contribution >= 4 is 23.5 Å². The highest BCUT2D eigenvalue weighted by molar-refractivity contribution is 5.95. The topological polar surface area (TPSA) is 109 Å².